The summed E-state index contributed by atoms with van der Waals surface area (Å²) in [5.41, 5.74) is 18.7. The highest BCUT2D eigenvalue weighted by molar-refractivity contribution is 6.99. The molecule has 2 aliphatic heterocycles. The predicted molar refractivity (Wildman–Crippen MR) is 274 cm³/mol. The molecule has 0 bridgehead atoms. The largest absolute Gasteiger partial charge is 0.458 e. The average molecular weight is 864 g/mol. The van der Waals surface area contributed by atoms with E-state index in [0.717, 1.165) is 133 Å². The van der Waals surface area contributed by atoms with Gasteiger partial charge in [0.15, 0.2) is 0 Å². The molecule has 10 aromatic carbocycles. The van der Waals surface area contributed by atoms with Gasteiger partial charge < -0.3 is 18.5 Å². The van der Waals surface area contributed by atoms with Gasteiger partial charge in [-0.25, -0.2) is 0 Å². The molecule has 66 heavy (non-hydrogen) atoms. The molecule has 2 aliphatic rings. The number of furan rings is 2. The molecule has 4 heterocycles. The smallest absolute Gasteiger partial charge is 0.256 e. The van der Waals surface area contributed by atoms with Crippen LogP contribution < -0.4 is 26.0 Å². The zero-order valence-corrected chi connectivity index (χ0v) is 36.1. The second-order valence-corrected chi connectivity index (χ2v) is 17.7. The van der Waals surface area contributed by atoms with E-state index in [0.29, 0.717) is 5.02 Å². The Morgan fingerprint density at radius 2 is 0.879 bits per heavy atom. The third kappa shape index (κ3) is 5.67. The minimum absolute atomic E-state index is 0.198. The summed E-state index contributed by atoms with van der Waals surface area (Å²) < 4.78 is 19.8. The van der Waals surface area contributed by atoms with E-state index in [1.165, 1.54) is 0 Å². The highest BCUT2D eigenvalue weighted by atomic mass is 35.5. The minimum atomic E-state index is -0.198. The Morgan fingerprint density at radius 3 is 1.50 bits per heavy atom. The van der Waals surface area contributed by atoms with Crippen LogP contribution in [0.3, 0.4) is 0 Å². The van der Waals surface area contributed by atoms with E-state index < -0.39 is 0 Å². The SMILES string of the molecule is Clc1cc2c3c(c1)N(c1c(-c4ccccc4)cccc1-c1ccccc1)c1ccc(-c4ccc5c(c4)oc4ccccc45)cc1B3c1cc(-c3ccc4c(c3)oc3ccccc34)ccc1O2. The van der Waals surface area contributed by atoms with Gasteiger partial charge in [-0.15, -0.1) is 0 Å². The van der Waals surface area contributed by atoms with Gasteiger partial charge in [0.05, 0.1) is 5.69 Å². The first-order valence-corrected chi connectivity index (χ1v) is 22.7. The molecule has 0 unspecified atom stereocenters. The fourth-order valence-electron chi connectivity index (χ4n) is 10.6. The molecule has 0 radical (unpaired) electrons. The number of benzene rings is 10. The third-order valence-electron chi connectivity index (χ3n) is 13.6. The first-order chi connectivity index (χ1) is 32.6. The maximum atomic E-state index is 7.19. The third-order valence-corrected chi connectivity index (χ3v) is 13.8. The van der Waals surface area contributed by atoms with Gasteiger partial charge in [-0.2, -0.15) is 0 Å². The quantitative estimate of drug-likeness (QED) is 0.162. The maximum Gasteiger partial charge on any atom is 0.256 e. The van der Waals surface area contributed by atoms with Crippen LogP contribution in [0.25, 0.3) is 88.4 Å². The zero-order chi connectivity index (χ0) is 43.5. The van der Waals surface area contributed by atoms with E-state index in [-0.39, 0.29) is 6.71 Å². The predicted octanol–water partition coefficient (Wildman–Crippen LogP) is 15.2. The molecule has 0 saturated heterocycles. The van der Waals surface area contributed by atoms with Crippen LogP contribution >= 0.6 is 11.6 Å². The molecule has 0 atom stereocenters. The molecule has 0 aliphatic carbocycles. The summed E-state index contributed by atoms with van der Waals surface area (Å²) in [6.45, 7) is -0.198. The van der Waals surface area contributed by atoms with E-state index >= 15 is 0 Å². The Balaban J connectivity index is 1.03. The van der Waals surface area contributed by atoms with Crippen LogP contribution in [0.4, 0.5) is 17.1 Å². The summed E-state index contributed by atoms with van der Waals surface area (Å²) in [5, 5.41) is 5.04. The number of fused-ring (bicyclic) bond motifs is 10. The molecule has 6 heteroatoms. The Kier molecular flexibility index (Phi) is 8.10. The number of hydrogen-bond donors (Lipinski definition) is 0. The zero-order valence-electron chi connectivity index (χ0n) is 35.3. The normalized spacial score (nSPS) is 12.7. The lowest BCUT2D eigenvalue weighted by Crippen LogP contribution is -2.59. The van der Waals surface area contributed by atoms with Gasteiger partial charge in [-0.05, 0) is 110 Å². The molecule has 308 valence electrons. The molecular formula is C60H35BClNO3. The monoisotopic (exact) mass is 863 g/mol. The first kappa shape index (κ1) is 37.2. The van der Waals surface area contributed by atoms with Crippen molar-refractivity contribution in [2.45, 2.75) is 0 Å². The van der Waals surface area contributed by atoms with Gasteiger partial charge in [0.1, 0.15) is 33.8 Å². The van der Waals surface area contributed by atoms with Crippen LogP contribution in [0.15, 0.2) is 221 Å². The van der Waals surface area contributed by atoms with Crippen molar-refractivity contribution in [3.63, 3.8) is 0 Å². The van der Waals surface area contributed by atoms with Crippen molar-refractivity contribution in [3.05, 3.63) is 217 Å². The summed E-state index contributed by atoms with van der Waals surface area (Å²) in [6.07, 6.45) is 0. The van der Waals surface area contributed by atoms with Gasteiger partial charge >= 0.3 is 0 Å². The van der Waals surface area contributed by atoms with E-state index in [9.17, 15) is 0 Å². The second kappa shape index (κ2) is 14.4. The first-order valence-electron chi connectivity index (χ1n) is 22.3. The van der Waals surface area contributed by atoms with Crippen molar-refractivity contribution < 1.29 is 13.6 Å². The Hall–Kier alpha value is -8.25. The van der Waals surface area contributed by atoms with Crippen molar-refractivity contribution in [3.8, 4) is 56.0 Å². The molecule has 0 amide bonds. The Labute approximate surface area is 385 Å². The number of ether oxygens (including phenoxy) is 1. The second-order valence-electron chi connectivity index (χ2n) is 17.3. The van der Waals surface area contributed by atoms with Gasteiger partial charge in [0, 0.05) is 49.1 Å². The number of rotatable bonds is 5. The fraction of sp³-hybridized carbons (Fsp3) is 0. The van der Waals surface area contributed by atoms with Gasteiger partial charge in [0.25, 0.3) is 6.71 Å². The molecule has 0 N–H and O–H groups in total. The minimum Gasteiger partial charge on any atom is -0.458 e. The van der Waals surface area contributed by atoms with Gasteiger partial charge in [0.2, 0.25) is 0 Å². The standard InChI is InChI=1S/C60H35BClNO3/c62-42-34-52-59-58(35-42)66-55-29-25-39(41-23-27-48-46-17-8-10-21-54(46)65-57(48)33-41)31-50(55)61(59)49-30-38(40-22-26-47-45-16-7-9-20-53(45)64-56(47)32-40)24-28-51(49)63(52)60-43(36-12-3-1-4-13-36)18-11-19-44(60)37-14-5-2-6-15-37/h1-35H. The summed E-state index contributed by atoms with van der Waals surface area (Å²) >= 11 is 7.19. The molecular weight excluding hydrogens is 829 g/mol. The lowest BCUT2D eigenvalue weighted by atomic mass is 9.34. The van der Waals surface area contributed by atoms with Crippen LogP contribution in [-0.4, -0.2) is 6.71 Å². The van der Waals surface area contributed by atoms with E-state index in [1.54, 1.807) is 0 Å². The molecule has 12 aromatic rings. The molecule has 4 nitrogen and oxygen atoms in total. The van der Waals surface area contributed by atoms with Crippen LogP contribution in [-0.2, 0) is 0 Å². The highest BCUT2D eigenvalue weighted by Gasteiger charge is 2.43. The van der Waals surface area contributed by atoms with Crippen LogP contribution in [0.2, 0.25) is 5.02 Å². The summed E-state index contributed by atoms with van der Waals surface area (Å²) in [4.78, 5) is 2.43. The number of anilines is 3. The Morgan fingerprint density at radius 1 is 0.364 bits per heavy atom. The molecule has 2 aromatic heterocycles. The van der Waals surface area contributed by atoms with Gasteiger partial charge in [-0.3, -0.25) is 0 Å². The number of hydrogen-bond acceptors (Lipinski definition) is 4. The topological polar surface area (TPSA) is 38.8 Å². The van der Waals surface area contributed by atoms with Crippen molar-refractivity contribution in [1.82, 2.24) is 0 Å². The van der Waals surface area contributed by atoms with Crippen LogP contribution in [0.5, 0.6) is 11.5 Å². The lowest BCUT2D eigenvalue weighted by Gasteiger charge is -2.41. The molecule has 0 fully saturated rings. The highest BCUT2D eigenvalue weighted by Crippen LogP contribution is 2.50. The summed E-state index contributed by atoms with van der Waals surface area (Å²) in [6, 6.07) is 75.1. The van der Waals surface area contributed by atoms with Gasteiger partial charge in [-0.1, -0.05) is 163 Å². The van der Waals surface area contributed by atoms with E-state index in [1.807, 2.05) is 30.3 Å². The van der Waals surface area contributed by atoms with Crippen molar-refractivity contribution in [2.75, 3.05) is 4.90 Å². The summed E-state index contributed by atoms with van der Waals surface area (Å²) in [7, 11) is 0. The molecule has 14 rings (SSSR count). The maximum absolute atomic E-state index is 7.19. The number of nitrogens with zero attached hydrogens (tertiary/aromatic N) is 1. The molecule has 0 spiro atoms. The average Bonchev–Trinajstić information content (AvgIpc) is 3.94. The number of halogens is 1. The summed E-state index contributed by atoms with van der Waals surface area (Å²) in [5.74, 6) is 1.55. The number of para-hydroxylation sites is 3. The molecule has 0 saturated carbocycles. The van der Waals surface area contributed by atoms with Crippen molar-refractivity contribution in [1.29, 1.82) is 0 Å². The van der Waals surface area contributed by atoms with E-state index in [2.05, 4.69) is 187 Å². The lowest BCUT2D eigenvalue weighted by molar-refractivity contribution is 0.487. The van der Waals surface area contributed by atoms with Crippen LogP contribution in [0.1, 0.15) is 0 Å². The van der Waals surface area contributed by atoms with E-state index in [4.69, 9.17) is 25.2 Å². The van der Waals surface area contributed by atoms with Crippen molar-refractivity contribution >= 4 is 95.6 Å². The Bertz CT molecular complexity index is 3890. The van der Waals surface area contributed by atoms with Crippen molar-refractivity contribution in [2.24, 2.45) is 0 Å². The fourth-order valence-corrected chi connectivity index (χ4v) is 10.8. The van der Waals surface area contributed by atoms with Crippen LogP contribution in [0, 0.1) is 0 Å².